The van der Waals surface area contributed by atoms with Gasteiger partial charge in [0.25, 0.3) is 5.56 Å². The lowest BCUT2D eigenvalue weighted by molar-refractivity contribution is 0.592. The number of nitrogens with zero attached hydrogens (tertiary/aromatic N) is 1. The van der Waals surface area contributed by atoms with Crippen LogP contribution in [0.1, 0.15) is 14.3 Å². The van der Waals surface area contributed by atoms with Gasteiger partial charge >= 0.3 is 5.69 Å². The molecule has 2 aromatic rings. The van der Waals surface area contributed by atoms with Crippen LogP contribution in [0.3, 0.4) is 0 Å². The summed E-state index contributed by atoms with van der Waals surface area (Å²) in [5.41, 5.74) is 0.0318. The molecule has 1 aromatic carbocycles. The van der Waals surface area contributed by atoms with Crippen LogP contribution in [0.5, 0.6) is 0 Å². The quantitative estimate of drug-likeness (QED) is 0.642. The van der Waals surface area contributed by atoms with Gasteiger partial charge in [-0.05, 0) is 30.7 Å². The van der Waals surface area contributed by atoms with Crippen molar-refractivity contribution in [3.63, 3.8) is 0 Å². The summed E-state index contributed by atoms with van der Waals surface area (Å²) in [6.45, 7) is 0.444. The average Bonchev–Trinajstić information content (AvgIpc) is 2.33. The maximum atomic E-state index is 12.1. The van der Waals surface area contributed by atoms with Gasteiger partial charge in [-0.15, -0.1) is 0 Å². The lowest BCUT2D eigenvalue weighted by atomic mass is 10.2. The number of nitrogens with one attached hydrogen (secondary N) is 1. The Morgan fingerprint density at radius 1 is 1.24 bits per heavy atom. The lowest BCUT2D eigenvalue weighted by Crippen LogP contribution is -2.35. The molecule has 1 N–H and O–H groups in total. The SMILES string of the molecule is O=c1[nH]c2ccccc2c(=O)n1CCCCS.[HH]. The summed E-state index contributed by atoms with van der Waals surface area (Å²) in [6, 6.07) is 7.04. The highest BCUT2D eigenvalue weighted by atomic mass is 32.1. The highest BCUT2D eigenvalue weighted by Crippen LogP contribution is 2.03. The number of thiol groups is 1. The summed E-state index contributed by atoms with van der Waals surface area (Å²) in [7, 11) is 0. The molecular formula is C12H16N2O2S. The van der Waals surface area contributed by atoms with Crippen LogP contribution < -0.4 is 11.2 Å². The van der Waals surface area contributed by atoms with Gasteiger partial charge in [-0.2, -0.15) is 12.6 Å². The van der Waals surface area contributed by atoms with Crippen LogP contribution in [0.25, 0.3) is 10.9 Å². The Morgan fingerprint density at radius 2 is 2.00 bits per heavy atom. The minimum absolute atomic E-state index is 0. The second-order valence-electron chi connectivity index (χ2n) is 3.86. The number of rotatable bonds is 4. The van der Waals surface area contributed by atoms with Crippen LogP contribution >= 0.6 is 12.6 Å². The molecule has 5 heteroatoms. The maximum absolute atomic E-state index is 12.1. The predicted molar refractivity (Wildman–Crippen MR) is 74.0 cm³/mol. The van der Waals surface area contributed by atoms with Gasteiger partial charge in [0, 0.05) is 7.97 Å². The summed E-state index contributed by atoms with van der Waals surface area (Å²) in [6.07, 6.45) is 1.67. The van der Waals surface area contributed by atoms with Gasteiger partial charge in [0.15, 0.2) is 0 Å². The standard InChI is InChI=1S/C12H14N2O2S.H2/c15-11-9-5-1-2-6-10(9)13-12(16)14(11)7-3-4-8-17;/h1-2,5-6,17H,3-4,7-8H2,(H,13,16);1H. The monoisotopic (exact) mass is 252 g/mol. The van der Waals surface area contributed by atoms with E-state index < -0.39 is 0 Å². The number of benzene rings is 1. The molecule has 0 spiro atoms. The molecule has 0 aliphatic heterocycles. The molecule has 92 valence electrons. The third kappa shape index (κ3) is 2.44. The number of hydrogen-bond donors (Lipinski definition) is 2. The highest BCUT2D eigenvalue weighted by Gasteiger charge is 2.05. The zero-order valence-electron chi connectivity index (χ0n) is 9.35. The van der Waals surface area contributed by atoms with Gasteiger partial charge in [-0.3, -0.25) is 9.36 Å². The van der Waals surface area contributed by atoms with E-state index >= 15 is 0 Å². The number of fused-ring (bicyclic) bond motifs is 1. The Labute approximate surface area is 105 Å². The molecule has 1 aromatic heterocycles. The van der Waals surface area contributed by atoms with Gasteiger partial charge in [0.05, 0.1) is 10.9 Å². The summed E-state index contributed by atoms with van der Waals surface area (Å²) in [5.74, 6) is 0.764. The Morgan fingerprint density at radius 3 is 2.76 bits per heavy atom. The number of aromatic nitrogens is 2. The molecule has 1 heterocycles. The van der Waals surface area contributed by atoms with E-state index in [4.69, 9.17) is 0 Å². The van der Waals surface area contributed by atoms with Crippen molar-refractivity contribution < 1.29 is 1.43 Å². The van der Waals surface area contributed by atoms with Crippen LogP contribution in [0.2, 0.25) is 0 Å². The van der Waals surface area contributed by atoms with Gasteiger partial charge in [-0.1, -0.05) is 12.1 Å². The number of hydrogen-bond acceptors (Lipinski definition) is 3. The van der Waals surface area contributed by atoms with Crippen molar-refractivity contribution in [1.29, 1.82) is 0 Å². The van der Waals surface area contributed by atoms with Crippen LogP contribution in [-0.2, 0) is 6.54 Å². The third-order valence-electron chi connectivity index (χ3n) is 2.68. The van der Waals surface area contributed by atoms with Crippen molar-refractivity contribution >= 4 is 23.5 Å². The zero-order valence-corrected chi connectivity index (χ0v) is 10.2. The van der Waals surface area contributed by atoms with Crippen molar-refractivity contribution in [3.8, 4) is 0 Å². The average molecular weight is 252 g/mol. The topological polar surface area (TPSA) is 54.9 Å². The largest absolute Gasteiger partial charge is 0.328 e. The predicted octanol–water partition coefficient (Wildman–Crippen LogP) is 1.65. The fourth-order valence-corrected chi connectivity index (χ4v) is 2.01. The van der Waals surface area contributed by atoms with Crippen molar-refractivity contribution in [2.24, 2.45) is 0 Å². The first-order valence-electron chi connectivity index (χ1n) is 5.57. The van der Waals surface area contributed by atoms with E-state index in [0.29, 0.717) is 17.4 Å². The first-order chi connectivity index (χ1) is 8.24. The van der Waals surface area contributed by atoms with Crippen molar-refractivity contribution in [2.45, 2.75) is 19.4 Å². The van der Waals surface area contributed by atoms with E-state index in [1.165, 1.54) is 4.57 Å². The van der Waals surface area contributed by atoms with E-state index in [1.807, 2.05) is 0 Å². The van der Waals surface area contributed by atoms with E-state index in [2.05, 4.69) is 17.6 Å². The normalized spacial score (nSPS) is 10.9. The minimum atomic E-state index is -0.340. The second-order valence-corrected chi connectivity index (χ2v) is 4.31. The van der Waals surface area contributed by atoms with Gasteiger partial charge in [0.2, 0.25) is 0 Å². The fourth-order valence-electron chi connectivity index (χ4n) is 1.78. The van der Waals surface area contributed by atoms with E-state index in [-0.39, 0.29) is 12.7 Å². The van der Waals surface area contributed by atoms with Crippen molar-refractivity contribution in [3.05, 3.63) is 45.1 Å². The fraction of sp³-hybridized carbons (Fsp3) is 0.333. The van der Waals surface area contributed by atoms with Crippen LogP contribution in [0, 0.1) is 0 Å². The van der Waals surface area contributed by atoms with Gasteiger partial charge in [-0.25, -0.2) is 4.79 Å². The molecular weight excluding hydrogens is 236 g/mol. The minimum Gasteiger partial charge on any atom is -0.307 e. The van der Waals surface area contributed by atoms with Crippen LogP contribution in [0.15, 0.2) is 33.9 Å². The third-order valence-corrected chi connectivity index (χ3v) is 3.00. The molecule has 0 saturated heterocycles. The number of aromatic amines is 1. The summed E-state index contributed by atoms with van der Waals surface area (Å²) < 4.78 is 1.26. The Hall–Kier alpha value is -1.49. The summed E-state index contributed by atoms with van der Waals surface area (Å²) in [5, 5.41) is 0.554. The molecule has 4 nitrogen and oxygen atoms in total. The second kappa shape index (κ2) is 5.23. The first kappa shape index (κ1) is 12.0. The molecule has 0 bridgehead atoms. The van der Waals surface area contributed by atoms with Crippen molar-refractivity contribution in [2.75, 3.05) is 5.75 Å². The van der Waals surface area contributed by atoms with Gasteiger partial charge < -0.3 is 4.98 Å². The smallest absolute Gasteiger partial charge is 0.307 e. The maximum Gasteiger partial charge on any atom is 0.328 e. The van der Waals surface area contributed by atoms with Crippen molar-refractivity contribution in [1.82, 2.24) is 9.55 Å². The molecule has 0 fully saturated rings. The highest BCUT2D eigenvalue weighted by molar-refractivity contribution is 7.80. The molecule has 17 heavy (non-hydrogen) atoms. The Kier molecular flexibility index (Phi) is 3.68. The number of para-hydroxylation sites is 1. The van der Waals surface area contributed by atoms with Gasteiger partial charge in [0.1, 0.15) is 0 Å². The summed E-state index contributed by atoms with van der Waals surface area (Å²) in [4.78, 5) is 26.5. The number of H-pyrrole nitrogens is 1. The zero-order chi connectivity index (χ0) is 12.3. The Bertz CT molecular complexity index is 636. The van der Waals surface area contributed by atoms with E-state index in [0.717, 1.165) is 18.6 Å². The van der Waals surface area contributed by atoms with E-state index in [1.54, 1.807) is 24.3 Å². The molecule has 0 aliphatic carbocycles. The molecule has 0 atom stereocenters. The molecule has 2 rings (SSSR count). The van der Waals surface area contributed by atoms with E-state index in [9.17, 15) is 9.59 Å². The molecule has 0 amide bonds. The lowest BCUT2D eigenvalue weighted by Gasteiger charge is -2.05. The summed E-state index contributed by atoms with van der Waals surface area (Å²) >= 11 is 4.10. The molecule has 0 unspecified atom stereocenters. The first-order valence-corrected chi connectivity index (χ1v) is 6.20. The van der Waals surface area contributed by atoms with Crippen LogP contribution in [0.4, 0.5) is 0 Å². The molecule has 0 radical (unpaired) electrons. The number of unbranched alkanes of at least 4 members (excludes halogenated alkanes) is 1. The van der Waals surface area contributed by atoms with Crippen LogP contribution in [-0.4, -0.2) is 15.3 Å². The Balaban J connectivity index is 0.00000162. The molecule has 0 saturated carbocycles. The molecule has 0 aliphatic rings.